The van der Waals surface area contributed by atoms with Crippen LogP contribution in [0.15, 0.2) is 53.9 Å². The molecular formula is C22H23FN4OS. The Morgan fingerprint density at radius 2 is 1.90 bits per heavy atom. The van der Waals surface area contributed by atoms with Crippen LogP contribution in [-0.2, 0) is 6.54 Å². The fraction of sp³-hybridized carbons (Fsp3) is 0.273. The predicted octanol–water partition coefficient (Wildman–Crippen LogP) is 4.61. The van der Waals surface area contributed by atoms with E-state index in [1.807, 2.05) is 41.5 Å². The molecule has 1 saturated heterocycles. The smallest absolute Gasteiger partial charge is 0.321 e. The first-order valence-electron chi connectivity index (χ1n) is 9.62. The first kappa shape index (κ1) is 19.5. The first-order chi connectivity index (χ1) is 14.1. The number of carbonyl (C=O) groups excluding carboxylic acids is 1. The van der Waals surface area contributed by atoms with E-state index >= 15 is 0 Å². The molecule has 2 aromatic carbocycles. The van der Waals surface area contributed by atoms with Crippen LogP contribution in [0.1, 0.15) is 10.6 Å². The van der Waals surface area contributed by atoms with Gasteiger partial charge in [-0.25, -0.2) is 14.2 Å². The monoisotopic (exact) mass is 410 g/mol. The SMILES string of the molecule is Cc1cccc(NC(=O)N2CCN(Cc3nc(-c4ccc(F)cc4)cs3)CC2)c1. The van der Waals surface area contributed by atoms with Crippen molar-refractivity contribution < 1.29 is 9.18 Å². The third-order valence-corrected chi connectivity index (χ3v) is 5.81. The van der Waals surface area contributed by atoms with Crippen molar-refractivity contribution >= 4 is 23.1 Å². The van der Waals surface area contributed by atoms with E-state index in [0.29, 0.717) is 13.1 Å². The molecule has 0 bridgehead atoms. The fourth-order valence-electron chi connectivity index (χ4n) is 3.36. The summed E-state index contributed by atoms with van der Waals surface area (Å²) in [6.07, 6.45) is 0. The highest BCUT2D eigenvalue weighted by molar-refractivity contribution is 7.09. The quantitative estimate of drug-likeness (QED) is 0.683. The van der Waals surface area contributed by atoms with Crippen LogP contribution < -0.4 is 5.32 Å². The molecule has 0 unspecified atom stereocenters. The maximum atomic E-state index is 13.1. The maximum absolute atomic E-state index is 13.1. The molecule has 1 fully saturated rings. The lowest BCUT2D eigenvalue weighted by Gasteiger charge is -2.34. The average Bonchev–Trinajstić information content (AvgIpc) is 3.17. The molecule has 2 heterocycles. The summed E-state index contributed by atoms with van der Waals surface area (Å²) in [6.45, 7) is 5.77. The number of piperazine rings is 1. The molecule has 0 radical (unpaired) electrons. The molecule has 29 heavy (non-hydrogen) atoms. The molecule has 7 heteroatoms. The average molecular weight is 411 g/mol. The number of benzene rings is 2. The van der Waals surface area contributed by atoms with E-state index in [-0.39, 0.29) is 11.8 Å². The van der Waals surface area contributed by atoms with Gasteiger partial charge in [0.05, 0.1) is 12.2 Å². The van der Waals surface area contributed by atoms with E-state index in [9.17, 15) is 9.18 Å². The zero-order valence-electron chi connectivity index (χ0n) is 16.3. The van der Waals surface area contributed by atoms with Gasteiger partial charge in [0.2, 0.25) is 0 Å². The van der Waals surface area contributed by atoms with Gasteiger partial charge in [0, 0.05) is 42.8 Å². The van der Waals surface area contributed by atoms with Crippen LogP contribution in [0.25, 0.3) is 11.3 Å². The number of aromatic nitrogens is 1. The maximum Gasteiger partial charge on any atom is 0.321 e. The van der Waals surface area contributed by atoms with Gasteiger partial charge < -0.3 is 10.2 Å². The van der Waals surface area contributed by atoms with Crippen LogP contribution in [-0.4, -0.2) is 47.0 Å². The molecule has 0 aliphatic carbocycles. The lowest BCUT2D eigenvalue weighted by atomic mass is 10.2. The number of nitrogens with zero attached hydrogens (tertiary/aromatic N) is 3. The van der Waals surface area contributed by atoms with Gasteiger partial charge in [0.25, 0.3) is 0 Å². The molecule has 5 nitrogen and oxygen atoms in total. The molecule has 1 aliphatic rings. The van der Waals surface area contributed by atoms with Crippen molar-refractivity contribution in [2.75, 3.05) is 31.5 Å². The van der Waals surface area contributed by atoms with Crippen molar-refractivity contribution in [1.82, 2.24) is 14.8 Å². The van der Waals surface area contributed by atoms with Crippen LogP contribution in [0, 0.1) is 12.7 Å². The van der Waals surface area contributed by atoms with E-state index in [2.05, 4.69) is 15.2 Å². The number of hydrogen-bond acceptors (Lipinski definition) is 4. The van der Waals surface area contributed by atoms with Gasteiger partial charge in [-0.15, -0.1) is 11.3 Å². The third kappa shape index (κ3) is 4.99. The van der Waals surface area contributed by atoms with E-state index in [4.69, 9.17) is 0 Å². The second-order valence-corrected chi connectivity index (χ2v) is 8.14. The number of urea groups is 1. The van der Waals surface area contributed by atoms with Crippen LogP contribution in [0.4, 0.5) is 14.9 Å². The number of nitrogens with one attached hydrogen (secondary N) is 1. The summed E-state index contributed by atoms with van der Waals surface area (Å²) >= 11 is 1.61. The summed E-state index contributed by atoms with van der Waals surface area (Å²) in [7, 11) is 0. The van der Waals surface area contributed by atoms with E-state index in [1.54, 1.807) is 23.5 Å². The highest BCUT2D eigenvalue weighted by Gasteiger charge is 2.22. The van der Waals surface area contributed by atoms with Crippen molar-refractivity contribution in [1.29, 1.82) is 0 Å². The van der Waals surface area contributed by atoms with Crippen molar-refractivity contribution in [3.05, 3.63) is 70.3 Å². The van der Waals surface area contributed by atoms with Crippen molar-refractivity contribution in [2.45, 2.75) is 13.5 Å². The van der Waals surface area contributed by atoms with Gasteiger partial charge in [0.15, 0.2) is 0 Å². The zero-order chi connectivity index (χ0) is 20.2. The molecule has 1 aliphatic heterocycles. The Kier molecular flexibility index (Phi) is 5.87. The Labute approximate surface area is 173 Å². The molecule has 0 saturated carbocycles. The lowest BCUT2D eigenvalue weighted by molar-refractivity contribution is 0.143. The van der Waals surface area contributed by atoms with Gasteiger partial charge in [-0.1, -0.05) is 12.1 Å². The van der Waals surface area contributed by atoms with Gasteiger partial charge >= 0.3 is 6.03 Å². The minimum Gasteiger partial charge on any atom is -0.322 e. The number of anilines is 1. The normalized spacial score (nSPS) is 14.8. The highest BCUT2D eigenvalue weighted by atomic mass is 32.1. The Balaban J connectivity index is 1.29. The molecule has 0 spiro atoms. The van der Waals surface area contributed by atoms with Crippen LogP contribution in [0.5, 0.6) is 0 Å². The lowest BCUT2D eigenvalue weighted by Crippen LogP contribution is -2.49. The number of rotatable bonds is 4. The summed E-state index contributed by atoms with van der Waals surface area (Å²) in [4.78, 5) is 21.3. The number of amides is 2. The van der Waals surface area contributed by atoms with Crippen LogP contribution >= 0.6 is 11.3 Å². The van der Waals surface area contributed by atoms with Gasteiger partial charge in [-0.05, 0) is 48.9 Å². The minimum atomic E-state index is -0.242. The molecule has 3 aromatic rings. The van der Waals surface area contributed by atoms with E-state index < -0.39 is 0 Å². The summed E-state index contributed by atoms with van der Waals surface area (Å²) in [5.74, 6) is -0.242. The number of aryl methyl sites for hydroxylation is 1. The molecule has 1 aromatic heterocycles. The Hall–Kier alpha value is -2.77. The third-order valence-electron chi connectivity index (χ3n) is 4.98. The number of halogens is 1. The second-order valence-electron chi connectivity index (χ2n) is 7.20. The summed E-state index contributed by atoms with van der Waals surface area (Å²) < 4.78 is 13.1. The fourth-order valence-corrected chi connectivity index (χ4v) is 4.21. The summed E-state index contributed by atoms with van der Waals surface area (Å²) in [5.41, 5.74) is 3.75. The van der Waals surface area contributed by atoms with Gasteiger partial charge in [-0.2, -0.15) is 0 Å². The van der Waals surface area contributed by atoms with Crippen molar-refractivity contribution in [3.63, 3.8) is 0 Å². The highest BCUT2D eigenvalue weighted by Crippen LogP contribution is 2.23. The van der Waals surface area contributed by atoms with Crippen LogP contribution in [0.2, 0.25) is 0 Å². The number of thiazole rings is 1. The topological polar surface area (TPSA) is 48.5 Å². The second kappa shape index (κ2) is 8.71. The summed E-state index contributed by atoms with van der Waals surface area (Å²) in [5, 5.41) is 6.01. The minimum absolute atomic E-state index is 0.0527. The summed E-state index contributed by atoms with van der Waals surface area (Å²) in [6, 6.07) is 14.2. The van der Waals surface area contributed by atoms with Gasteiger partial charge in [0.1, 0.15) is 10.8 Å². The Bertz CT molecular complexity index is 980. The molecule has 2 amide bonds. The Morgan fingerprint density at radius 3 is 2.62 bits per heavy atom. The molecule has 4 rings (SSSR count). The number of hydrogen-bond donors (Lipinski definition) is 1. The van der Waals surface area contributed by atoms with Gasteiger partial charge in [-0.3, -0.25) is 4.90 Å². The van der Waals surface area contributed by atoms with Crippen molar-refractivity contribution in [2.24, 2.45) is 0 Å². The van der Waals surface area contributed by atoms with Crippen molar-refractivity contribution in [3.8, 4) is 11.3 Å². The zero-order valence-corrected chi connectivity index (χ0v) is 17.1. The Morgan fingerprint density at radius 1 is 1.14 bits per heavy atom. The standard InChI is InChI=1S/C22H23FN4OS/c1-16-3-2-4-19(13-16)24-22(28)27-11-9-26(10-12-27)14-21-25-20(15-29-21)17-5-7-18(23)8-6-17/h2-8,13,15H,9-12,14H2,1H3,(H,24,28). The first-order valence-corrected chi connectivity index (χ1v) is 10.5. The van der Waals surface area contributed by atoms with E-state index in [0.717, 1.165) is 47.2 Å². The molecule has 150 valence electrons. The largest absolute Gasteiger partial charge is 0.322 e. The molecule has 0 atom stereocenters. The number of carbonyl (C=O) groups is 1. The predicted molar refractivity (Wildman–Crippen MR) is 115 cm³/mol. The van der Waals surface area contributed by atoms with Crippen LogP contribution in [0.3, 0.4) is 0 Å². The van der Waals surface area contributed by atoms with E-state index in [1.165, 1.54) is 12.1 Å². The molecule has 1 N–H and O–H groups in total. The molecular weight excluding hydrogens is 387 g/mol.